The third-order valence-electron chi connectivity index (χ3n) is 5.18. The van der Waals surface area contributed by atoms with E-state index in [9.17, 15) is 0 Å². The fourth-order valence-electron chi connectivity index (χ4n) is 3.98. The number of piperazine rings is 1. The van der Waals surface area contributed by atoms with Gasteiger partial charge in [-0.25, -0.2) is 0 Å². The van der Waals surface area contributed by atoms with E-state index in [0.29, 0.717) is 6.04 Å². The van der Waals surface area contributed by atoms with Crippen LogP contribution in [-0.2, 0) is 0 Å². The van der Waals surface area contributed by atoms with E-state index in [4.69, 9.17) is 11.6 Å². The highest BCUT2D eigenvalue weighted by atomic mass is 35.5. The average Bonchev–Trinajstić information content (AvgIpc) is 2.53. The Kier molecular flexibility index (Phi) is 9.25. The van der Waals surface area contributed by atoms with Gasteiger partial charge < -0.3 is 5.32 Å². The molecular weight excluding hydrogens is 351 g/mol. The van der Waals surface area contributed by atoms with Gasteiger partial charge >= 0.3 is 0 Å². The van der Waals surface area contributed by atoms with Crippen LogP contribution in [0.3, 0.4) is 0 Å². The molecule has 0 spiro atoms. The Bertz CT molecular complexity index is 451. The molecule has 0 bridgehead atoms. The van der Waals surface area contributed by atoms with E-state index in [2.05, 4.69) is 35.3 Å². The molecule has 132 valence electrons. The Morgan fingerprint density at radius 2 is 1.74 bits per heavy atom. The molecule has 0 amide bonds. The molecule has 1 aromatic carbocycles. The fraction of sp³-hybridized carbons (Fsp3) is 0.667. The van der Waals surface area contributed by atoms with Crippen LogP contribution in [0.15, 0.2) is 18.2 Å². The minimum absolute atomic E-state index is 0. The molecule has 0 aromatic heterocycles. The van der Waals surface area contributed by atoms with Gasteiger partial charge in [-0.15, -0.1) is 24.8 Å². The number of nitrogens with zero attached hydrogens (tertiary/aromatic N) is 1. The highest BCUT2D eigenvalue weighted by Gasteiger charge is 2.31. The molecule has 1 aliphatic heterocycles. The van der Waals surface area contributed by atoms with Gasteiger partial charge in [-0.05, 0) is 42.9 Å². The van der Waals surface area contributed by atoms with E-state index in [1.54, 1.807) is 0 Å². The summed E-state index contributed by atoms with van der Waals surface area (Å²) < 4.78 is 0. The van der Waals surface area contributed by atoms with Gasteiger partial charge in [-0.3, -0.25) is 4.90 Å². The lowest BCUT2D eigenvalue weighted by molar-refractivity contribution is 0.103. The van der Waals surface area contributed by atoms with Gasteiger partial charge in [0.05, 0.1) is 0 Å². The second kappa shape index (κ2) is 10.1. The van der Waals surface area contributed by atoms with Crippen LogP contribution >= 0.6 is 36.4 Å². The Hall–Kier alpha value is 0.01000. The first-order valence-electron chi connectivity index (χ1n) is 8.46. The second-order valence-electron chi connectivity index (χ2n) is 6.64. The van der Waals surface area contributed by atoms with Crippen LogP contribution in [0.4, 0.5) is 0 Å². The number of rotatable bonds is 3. The number of hydrogen-bond acceptors (Lipinski definition) is 2. The zero-order valence-electron chi connectivity index (χ0n) is 13.9. The maximum Gasteiger partial charge on any atom is 0.0438 e. The number of hydrogen-bond donors (Lipinski definition) is 1. The maximum atomic E-state index is 6.40. The summed E-state index contributed by atoms with van der Waals surface area (Å²) in [5.41, 5.74) is 2.61. The molecule has 1 N–H and O–H groups in total. The number of benzene rings is 1. The lowest BCUT2D eigenvalue weighted by Gasteiger charge is -2.41. The third kappa shape index (κ3) is 5.24. The molecule has 3 rings (SSSR count). The molecule has 1 aliphatic carbocycles. The van der Waals surface area contributed by atoms with Gasteiger partial charge in [0.2, 0.25) is 0 Å². The smallest absolute Gasteiger partial charge is 0.0438 e. The van der Waals surface area contributed by atoms with E-state index in [-0.39, 0.29) is 24.8 Å². The summed E-state index contributed by atoms with van der Waals surface area (Å²) in [4.78, 5) is 2.69. The van der Waals surface area contributed by atoms with Crippen molar-refractivity contribution < 1.29 is 0 Å². The number of aryl methyl sites for hydroxylation is 1. The predicted octanol–water partition coefficient (Wildman–Crippen LogP) is 5.02. The highest BCUT2D eigenvalue weighted by Crippen LogP contribution is 2.39. The van der Waals surface area contributed by atoms with Gasteiger partial charge in [0.1, 0.15) is 0 Å². The van der Waals surface area contributed by atoms with Crippen molar-refractivity contribution >= 4 is 36.4 Å². The lowest BCUT2D eigenvalue weighted by atomic mass is 9.80. The third-order valence-corrected chi connectivity index (χ3v) is 5.59. The van der Waals surface area contributed by atoms with Crippen LogP contribution in [-0.4, -0.2) is 31.1 Å². The topological polar surface area (TPSA) is 15.3 Å². The highest BCUT2D eigenvalue weighted by molar-refractivity contribution is 6.31. The summed E-state index contributed by atoms with van der Waals surface area (Å²) in [6, 6.07) is 7.28. The van der Waals surface area contributed by atoms with Crippen LogP contribution in [0.1, 0.15) is 49.3 Å². The van der Waals surface area contributed by atoms with Gasteiger partial charge in [0.15, 0.2) is 0 Å². The molecule has 23 heavy (non-hydrogen) atoms. The predicted molar refractivity (Wildman–Crippen MR) is 104 cm³/mol. The average molecular weight is 380 g/mol. The van der Waals surface area contributed by atoms with Gasteiger partial charge in [0.25, 0.3) is 0 Å². The van der Waals surface area contributed by atoms with E-state index in [1.807, 2.05) is 0 Å². The van der Waals surface area contributed by atoms with E-state index < -0.39 is 0 Å². The van der Waals surface area contributed by atoms with Gasteiger partial charge in [-0.2, -0.15) is 0 Å². The van der Waals surface area contributed by atoms with Gasteiger partial charge in [-0.1, -0.05) is 43.0 Å². The zero-order valence-corrected chi connectivity index (χ0v) is 16.3. The van der Waals surface area contributed by atoms with Crippen molar-refractivity contribution in [2.75, 3.05) is 26.2 Å². The monoisotopic (exact) mass is 378 g/mol. The molecular formula is C18H29Cl3N2. The Balaban J connectivity index is 0.00000132. The molecule has 2 nitrogen and oxygen atoms in total. The van der Waals surface area contributed by atoms with Crippen molar-refractivity contribution in [2.24, 2.45) is 5.92 Å². The maximum absolute atomic E-state index is 6.40. The minimum Gasteiger partial charge on any atom is -0.314 e. The molecule has 1 saturated heterocycles. The first-order valence-corrected chi connectivity index (χ1v) is 8.84. The second-order valence-corrected chi connectivity index (χ2v) is 7.04. The van der Waals surface area contributed by atoms with Crippen molar-refractivity contribution in [1.82, 2.24) is 10.2 Å². The lowest BCUT2D eigenvalue weighted by Crippen LogP contribution is -2.47. The van der Waals surface area contributed by atoms with Crippen molar-refractivity contribution in [3.8, 4) is 0 Å². The SMILES string of the molecule is Cc1ccc([C@@H](C2CCCCC2)N2CCNCC2)cc1Cl.Cl.Cl. The normalized spacial score (nSPS) is 21.1. The summed E-state index contributed by atoms with van der Waals surface area (Å²) in [7, 11) is 0. The van der Waals surface area contributed by atoms with Crippen molar-refractivity contribution in [3.63, 3.8) is 0 Å². The van der Waals surface area contributed by atoms with E-state index in [1.165, 1.54) is 43.2 Å². The fourth-order valence-corrected chi connectivity index (χ4v) is 4.17. The Labute approximate surface area is 158 Å². The van der Waals surface area contributed by atoms with Crippen LogP contribution in [0.2, 0.25) is 5.02 Å². The van der Waals surface area contributed by atoms with Crippen LogP contribution in [0, 0.1) is 12.8 Å². The molecule has 0 radical (unpaired) electrons. The molecule has 2 fully saturated rings. The summed E-state index contributed by atoms with van der Waals surface area (Å²) in [5, 5.41) is 4.40. The van der Waals surface area contributed by atoms with Gasteiger partial charge in [0, 0.05) is 37.2 Å². The van der Waals surface area contributed by atoms with Crippen LogP contribution < -0.4 is 5.32 Å². The molecule has 1 aromatic rings. The number of halogens is 3. The summed E-state index contributed by atoms with van der Waals surface area (Å²) in [6.07, 6.45) is 6.96. The first kappa shape index (κ1) is 21.1. The van der Waals surface area contributed by atoms with E-state index in [0.717, 1.165) is 37.1 Å². The van der Waals surface area contributed by atoms with Crippen LogP contribution in [0.5, 0.6) is 0 Å². The molecule has 1 atom stereocenters. The molecule has 5 heteroatoms. The summed E-state index contributed by atoms with van der Waals surface area (Å²) in [6.45, 7) is 6.64. The first-order chi connectivity index (χ1) is 10.3. The quantitative estimate of drug-likeness (QED) is 0.793. The largest absolute Gasteiger partial charge is 0.314 e. The van der Waals surface area contributed by atoms with E-state index >= 15 is 0 Å². The standard InChI is InChI=1S/C18H27ClN2.2ClH/c1-14-7-8-16(13-17(14)19)18(15-5-3-2-4-6-15)21-11-9-20-10-12-21;;/h7-8,13,15,18,20H,2-6,9-12H2,1H3;2*1H/t18-;;/m1../s1. The molecule has 1 saturated carbocycles. The van der Waals surface area contributed by atoms with Crippen molar-refractivity contribution in [2.45, 2.75) is 45.1 Å². The van der Waals surface area contributed by atoms with Crippen molar-refractivity contribution in [3.05, 3.63) is 34.3 Å². The molecule has 0 unspecified atom stereocenters. The zero-order chi connectivity index (χ0) is 14.7. The minimum atomic E-state index is 0. The summed E-state index contributed by atoms with van der Waals surface area (Å²) in [5.74, 6) is 0.802. The molecule has 2 aliphatic rings. The van der Waals surface area contributed by atoms with Crippen molar-refractivity contribution in [1.29, 1.82) is 0 Å². The molecule has 1 heterocycles. The summed E-state index contributed by atoms with van der Waals surface area (Å²) >= 11 is 6.40. The Morgan fingerprint density at radius 3 is 2.35 bits per heavy atom. The Morgan fingerprint density at radius 1 is 1.09 bits per heavy atom. The van der Waals surface area contributed by atoms with Crippen LogP contribution in [0.25, 0.3) is 0 Å². The number of nitrogens with one attached hydrogen (secondary N) is 1.